The molecule has 4 rings (SSSR count). The van der Waals surface area contributed by atoms with Crippen molar-refractivity contribution in [3.63, 3.8) is 0 Å². The molecule has 0 saturated heterocycles. The number of benzene rings is 2. The molecular weight excluding hydrogens is 399 g/mol. The van der Waals surface area contributed by atoms with Gasteiger partial charge in [0.05, 0.1) is 10.6 Å². The highest BCUT2D eigenvalue weighted by Crippen LogP contribution is 2.49. The van der Waals surface area contributed by atoms with E-state index in [0.717, 1.165) is 28.8 Å². The molecule has 0 aliphatic heterocycles. The minimum Gasteiger partial charge on any atom is -0.390 e. The van der Waals surface area contributed by atoms with Crippen LogP contribution in [0, 0.1) is 0 Å². The SMILES string of the molecule is NC(=O)c1c(N)sc2c1CC(c1ccc(Cl)cc1)CC2c1ccc(Cl)cc1. The summed E-state index contributed by atoms with van der Waals surface area (Å²) < 4.78 is 0. The number of fused-ring (bicyclic) bond motifs is 1. The average molecular weight is 417 g/mol. The molecule has 4 N–H and O–H groups in total. The summed E-state index contributed by atoms with van der Waals surface area (Å²) in [6, 6.07) is 15.8. The lowest BCUT2D eigenvalue weighted by molar-refractivity contribution is 0.100. The van der Waals surface area contributed by atoms with E-state index >= 15 is 0 Å². The van der Waals surface area contributed by atoms with Gasteiger partial charge in [0.15, 0.2) is 0 Å². The number of anilines is 1. The highest BCUT2D eigenvalue weighted by molar-refractivity contribution is 7.16. The first-order valence-electron chi connectivity index (χ1n) is 8.65. The lowest BCUT2D eigenvalue weighted by Gasteiger charge is -2.30. The molecule has 1 aliphatic carbocycles. The molecule has 0 bridgehead atoms. The fourth-order valence-corrected chi connectivity index (χ4v) is 5.45. The largest absolute Gasteiger partial charge is 0.390 e. The van der Waals surface area contributed by atoms with Gasteiger partial charge in [-0.05, 0) is 59.7 Å². The van der Waals surface area contributed by atoms with E-state index in [1.165, 1.54) is 16.9 Å². The third-order valence-electron chi connectivity index (χ3n) is 5.21. The van der Waals surface area contributed by atoms with Gasteiger partial charge in [0, 0.05) is 20.8 Å². The molecule has 0 spiro atoms. The predicted octanol–water partition coefficient (Wildman–Crippen LogP) is 5.60. The van der Waals surface area contributed by atoms with Gasteiger partial charge in [-0.15, -0.1) is 11.3 Å². The maximum absolute atomic E-state index is 12.0. The highest BCUT2D eigenvalue weighted by Gasteiger charge is 2.34. The summed E-state index contributed by atoms with van der Waals surface area (Å²) in [6.45, 7) is 0. The second-order valence-electron chi connectivity index (χ2n) is 6.84. The monoisotopic (exact) mass is 416 g/mol. The van der Waals surface area contributed by atoms with Gasteiger partial charge in [0.2, 0.25) is 0 Å². The molecular formula is C21H18Cl2N2OS. The van der Waals surface area contributed by atoms with Crippen molar-refractivity contribution >= 4 is 45.4 Å². The Morgan fingerprint density at radius 1 is 0.963 bits per heavy atom. The molecule has 2 aromatic carbocycles. The van der Waals surface area contributed by atoms with Crippen LogP contribution in [0.5, 0.6) is 0 Å². The summed E-state index contributed by atoms with van der Waals surface area (Å²) in [5.74, 6) is -0.0637. The standard InChI is InChI=1S/C21H18Cl2N2OS/c22-14-5-1-11(2-6-14)13-9-16(12-3-7-15(23)8-4-12)19-17(10-13)18(20(24)26)21(25)27-19/h1-8,13,16H,9-10,25H2,(H2,24,26). The quantitative estimate of drug-likeness (QED) is 0.583. The molecule has 6 heteroatoms. The molecule has 0 radical (unpaired) electrons. The van der Waals surface area contributed by atoms with E-state index in [9.17, 15) is 4.79 Å². The Labute approximate surface area is 171 Å². The zero-order chi connectivity index (χ0) is 19.1. The van der Waals surface area contributed by atoms with E-state index in [4.69, 9.17) is 34.7 Å². The normalized spacial score (nSPS) is 18.9. The number of nitrogen functional groups attached to an aromatic ring is 1. The number of carbonyl (C=O) groups is 1. The number of nitrogens with two attached hydrogens (primary N) is 2. The predicted molar refractivity (Wildman–Crippen MR) is 113 cm³/mol. The number of hydrogen-bond acceptors (Lipinski definition) is 3. The van der Waals surface area contributed by atoms with Gasteiger partial charge < -0.3 is 11.5 Å². The zero-order valence-corrected chi connectivity index (χ0v) is 16.7. The van der Waals surface area contributed by atoms with Crippen molar-refractivity contribution in [2.75, 3.05) is 5.73 Å². The van der Waals surface area contributed by atoms with E-state index in [2.05, 4.69) is 12.1 Å². The number of halogens is 2. The number of hydrogen-bond donors (Lipinski definition) is 2. The van der Waals surface area contributed by atoms with Gasteiger partial charge in [-0.1, -0.05) is 47.5 Å². The molecule has 138 valence electrons. The van der Waals surface area contributed by atoms with Crippen molar-refractivity contribution < 1.29 is 4.79 Å². The minimum absolute atomic E-state index is 0.145. The van der Waals surface area contributed by atoms with Crippen molar-refractivity contribution in [3.8, 4) is 0 Å². The van der Waals surface area contributed by atoms with Gasteiger partial charge in [0.25, 0.3) is 5.91 Å². The number of primary amides is 1. The molecule has 0 saturated carbocycles. The Kier molecular flexibility index (Phi) is 4.89. The summed E-state index contributed by atoms with van der Waals surface area (Å²) in [6.07, 6.45) is 1.67. The number of thiophene rings is 1. The van der Waals surface area contributed by atoms with Crippen LogP contribution in [0.2, 0.25) is 10.0 Å². The molecule has 1 amide bonds. The first kappa shape index (κ1) is 18.4. The van der Waals surface area contributed by atoms with E-state index in [0.29, 0.717) is 20.6 Å². The van der Waals surface area contributed by atoms with Crippen LogP contribution in [0.25, 0.3) is 0 Å². The first-order chi connectivity index (χ1) is 12.9. The van der Waals surface area contributed by atoms with Crippen molar-refractivity contribution in [2.45, 2.75) is 24.7 Å². The van der Waals surface area contributed by atoms with Gasteiger partial charge >= 0.3 is 0 Å². The first-order valence-corrected chi connectivity index (χ1v) is 10.2. The number of rotatable bonds is 3. The van der Waals surface area contributed by atoms with E-state index in [1.54, 1.807) is 0 Å². The van der Waals surface area contributed by atoms with Crippen molar-refractivity contribution in [1.82, 2.24) is 0 Å². The van der Waals surface area contributed by atoms with E-state index in [1.807, 2.05) is 36.4 Å². The smallest absolute Gasteiger partial charge is 0.251 e. The van der Waals surface area contributed by atoms with Crippen LogP contribution >= 0.6 is 34.5 Å². The highest BCUT2D eigenvalue weighted by atomic mass is 35.5. The van der Waals surface area contributed by atoms with Crippen molar-refractivity contribution in [3.05, 3.63) is 85.7 Å². The van der Waals surface area contributed by atoms with Crippen molar-refractivity contribution in [1.29, 1.82) is 0 Å². The Morgan fingerprint density at radius 3 is 2.07 bits per heavy atom. The van der Waals surface area contributed by atoms with Crippen LogP contribution < -0.4 is 11.5 Å². The number of carbonyl (C=O) groups excluding carboxylic acids is 1. The summed E-state index contributed by atoms with van der Waals surface area (Å²) in [5, 5.41) is 1.91. The Balaban J connectivity index is 1.83. The molecule has 1 aromatic heterocycles. The maximum atomic E-state index is 12.0. The molecule has 0 fully saturated rings. The van der Waals surface area contributed by atoms with Crippen LogP contribution in [0.3, 0.4) is 0 Å². The van der Waals surface area contributed by atoms with Crippen LogP contribution in [0.1, 0.15) is 50.2 Å². The minimum atomic E-state index is -0.461. The average Bonchev–Trinajstić information content (AvgIpc) is 2.98. The second kappa shape index (κ2) is 7.19. The van der Waals surface area contributed by atoms with Crippen LogP contribution in [0.15, 0.2) is 48.5 Å². The Hall–Kier alpha value is -2.01. The van der Waals surface area contributed by atoms with Crippen LogP contribution in [-0.2, 0) is 6.42 Å². The molecule has 1 heterocycles. The third-order valence-corrected chi connectivity index (χ3v) is 6.89. The van der Waals surface area contributed by atoms with Gasteiger partial charge in [-0.2, -0.15) is 0 Å². The molecule has 3 aromatic rings. The maximum Gasteiger partial charge on any atom is 0.251 e. The van der Waals surface area contributed by atoms with Gasteiger partial charge in [-0.3, -0.25) is 4.79 Å². The van der Waals surface area contributed by atoms with Gasteiger partial charge in [-0.25, -0.2) is 0 Å². The Bertz CT molecular complexity index is 996. The molecule has 27 heavy (non-hydrogen) atoms. The van der Waals surface area contributed by atoms with Crippen LogP contribution in [0.4, 0.5) is 5.00 Å². The molecule has 2 unspecified atom stereocenters. The summed E-state index contributed by atoms with van der Waals surface area (Å²) >= 11 is 13.6. The van der Waals surface area contributed by atoms with Gasteiger partial charge in [0.1, 0.15) is 0 Å². The molecule has 3 nitrogen and oxygen atoms in total. The molecule has 1 aliphatic rings. The molecule has 2 atom stereocenters. The fraction of sp³-hybridized carbons (Fsp3) is 0.190. The summed E-state index contributed by atoms with van der Waals surface area (Å²) in [5.41, 5.74) is 15.6. The number of amides is 1. The van der Waals surface area contributed by atoms with E-state index in [-0.39, 0.29) is 11.8 Å². The fourth-order valence-electron chi connectivity index (χ4n) is 3.95. The zero-order valence-electron chi connectivity index (χ0n) is 14.4. The second-order valence-corrected chi connectivity index (χ2v) is 8.80. The van der Waals surface area contributed by atoms with Crippen LogP contribution in [-0.4, -0.2) is 5.91 Å². The van der Waals surface area contributed by atoms with E-state index < -0.39 is 5.91 Å². The third kappa shape index (κ3) is 3.45. The topological polar surface area (TPSA) is 69.1 Å². The lowest BCUT2D eigenvalue weighted by Crippen LogP contribution is -2.21. The summed E-state index contributed by atoms with van der Waals surface area (Å²) in [7, 11) is 0. The Morgan fingerprint density at radius 2 is 1.52 bits per heavy atom. The summed E-state index contributed by atoms with van der Waals surface area (Å²) in [4.78, 5) is 13.2. The van der Waals surface area contributed by atoms with Crippen molar-refractivity contribution in [2.24, 2.45) is 5.73 Å². The lowest BCUT2D eigenvalue weighted by atomic mass is 9.74.